The van der Waals surface area contributed by atoms with Gasteiger partial charge < -0.3 is 5.32 Å². The van der Waals surface area contributed by atoms with E-state index in [1.807, 2.05) is 32.0 Å². The maximum absolute atomic E-state index is 12.5. The fraction of sp³-hybridized carbons (Fsp3) is 0.600. The molecule has 0 bridgehead atoms. The van der Waals surface area contributed by atoms with Gasteiger partial charge in [-0.2, -0.15) is 0 Å². The first-order chi connectivity index (χ1) is 9.47. The largest absolute Gasteiger partial charge is 0.313 e. The van der Waals surface area contributed by atoms with Gasteiger partial charge in [0.15, 0.2) is 0 Å². The molecule has 1 rings (SSSR count). The molecule has 0 aromatic heterocycles. The Bertz CT molecular complexity index is 527. The third-order valence-electron chi connectivity index (χ3n) is 3.40. The normalized spacial score (nSPS) is 12.1. The van der Waals surface area contributed by atoms with Crippen molar-refractivity contribution in [1.29, 1.82) is 0 Å². The van der Waals surface area contributed by atoms with E-state index in [2.05, 4.69) is 12.2 Å². The van der Waals surface area contributed by atoms with Gasteiger partial charge in [-0.25, -0.2) is 12.7 Å². The summed E-state index contributed by atoms with van der Waals surface area (Å²) in [7, 11) is -1.76. The number of hydrogen-bond acceptors (Lipinski definition) is 3. The van der Waals surface area contributed by atoms with Gasteiger partial charge in [-0.1, -0.05) is 32.9 Å². The lowest BCUT2D eigenvalue weighted by atomic mass is 10.1. The van der Waals surface area contributed by atoms with Crippen LogP contribution in [0.2, 0.25) is 0 Å². The van der Waals surface area contributed by atoms with Crippen molar-refractivity contribution in [3.63, 3.8) is 0 Å². The van der Waals surface area contributed by atoms with Crippen LogP contribution < -0.4 is 5.32 Å². The minimum atomic E-state index is -3.38. The molecule has 1 aromatic carbocycles. The SMILES string of the molecule is CCCNCc1ccc(CC)c(S(=O)(=O)N(C)CC)c1. The molecule has 0 unspecified atom stereocenters. The number of nitrogens with zero attached hydrogens (tertiary/aromatic N) is 1. The summed E-state index contributed by atoms with van der Waals surface area (Å²) in [4.78, 5) is 0.445. The van der Waals surface area contributed by atoms with Gasteiger partial charge in [-0.05, 0) is 36.6 Å². The summed E-state index contributed by atoms with van der Waals surface area (Å²) in [6.45, 7) is 8.05. The molecule has 0 aliphatic rings. The van der Waals surface area contributed by atoms with Crippen LogP contribution in [-0.2, 0) is 23.0 Å². The second-order valence-corrected chi connectivity index (χ2v) is 6.90. The molecule has 4 nitrogen and oxygen atoms in total. The van der Waals surface area contributed by atoms with Gasteiger partial charge in [0.25, 0.3) is 0 Å². The highest BCUT2D eigenvalue weighted by Gasteiger charge is 2.22. The number of sulfonamides is 1. The molecule has 0 aliphatic carbocycles. The zero-order valence-corrected chi connectivity index (χ0v) is 13.8. The summed E-state index contributed by atoms with van der Waals surface area (Å²) >= 11 is 0. The highest BCUT2D eigenvalue weighted by atomic mass is 32.2. The summed E-state index contributed by atoms with van der Waals surface area (Å²) in [5, 5.41) is 3.30. The Kier molecular flexibility index (Phi) is 6.65. The minimum Gasteiger partial charge on any atom is -0.313 e. The summed E-state index contributed by atoms with van der Waals surface area (Å²) in [5.74, 6) is 0. The molecule has 0 amide bonds. The maximum atomic E-state index is 12.5. The van der Waals surface area contributed by atoms with E-state index in [0.29, 0.717) is 18.0 Å². The Hall–Kier alpha value is -0.910. The minimum absolute atomic E-state index is 0.445. The number of benzene rings is 1. The maximum Gasteiger partial charge on any atom is 0.243 e. The second-order valence-electron chi connectivity index (χ2n) is 4.89. The predicted molar refractivity (Wildman–Crippen MR) is 83.3 cm³/mol. The molecule has 0 aliphatic heterocycles. The third kappa shape index (κ3) is 4.04. The van der Waals surface area contributed by atoms with E-state index in [9.17, 15) is 8.42 Å². The number of rotatable bonds is 8. The molecular weight excluding hydrogens is 272 g/mol. The van der Waals surface area contributed by atoms with Crippen molar-refractivity contribution < 1.29 is 8.42 Å². The molecule has 0 spiro atoms. The van der Waals surface area contributed by atoms with Gasteiger partial charge in [0, 0.05) is 20.1 Å². The Morgan fingerprint density at radius 2 is 1.90 bits per heavy atom. The van der Waals surface area contributed by atoms with E-state index < -0.39 is 10.0 Å². The smallest absolute Gasteiger partial charge is 0.243 e. The molecule has 0 saturated carbocycles. The van der Waals surface area contributed by atoms with Crippen molar-refractivity contribution in [3.05, 3.63) is 29.3 Å². The van der Waals surface area contributed by atoms with E-state index in [1.165, 1.54) is 4.31 Å². The lowest BCUT2D eigenvalue weighted by Crippen LogP contribution is -2.27. The molecule has 0 saturated heterocycles. The Morgan fingerprint density at radius 1 is 1.20 bits per heavy atom. The highest BCUT2D eigenvalue weighted by Crippen LogP contribution is 2.21. The molecule has 0 fully saturated rings. The quantitative estimate of drug-likeness (QED) is 0.750. The standard InChI is InChI=1S/C15H26N2O2S/c1-5-10-16-12-13-8-9-14(6-2)15(11-13)20(18,19)17(4)7-3/h8-9,11,16H,5-7,10,12H2,1-4H3. The van der Waals surface area contributed by atoms with Crippen LogP contribution in [0.15, 0.2) is 23.1 Å². The van der Waals surface area contributed by atoms with E-state index in [-0.39, 0.29) is 0 Å². The van der Waals surface area contributed by atoms with Crippen LogP contribution in [0.25, 0.3) is 0 Å². The van der Waals surface area contributed by atoms with E-state index in [0.717, 1.165) is 30.5 Å². The summed E-state index contributed by atoms with van der Waals surface area (Å²) in [6, 6.07) is 5.74. The molecule has 0 atom stereocenters. The lowest BCUT2D eigenvalue weighted by molar-refractivity contribution is 0.485. The van der Waals surface area contributed by atoms with Crippen molar-refractivity contribution in [2.45, 2.75) is 45.1 Å². The topological polar surface area (TPSA) is 49.4 Å². The Balaban J connectivity index is 3.12. The van der Waals surface area contributed by atoms with Crippen LogP contribution in [0.3, 0.4) is 0 Å². The fourth-order valence-electron chi connectivity index (χ4n) is 1.99. The van der Waals surface area contributed by atoms with Crippen molar-refractivity contribution in [2.24, 2.45) is 0 Å². The first-order valence-corrected chi connectivity index (χ1v) is 8.70. The third-order valence-corrected chi connectivity index (χ3v) is 5.42. The second kappa shape index (κ2) is 7.76. The van der Waals surface area contributed by atoms with Crippen molar-refractivity contribution >= 4 is 10.0 Å². The first-order valence-electron chi connectivity index (χ1n) is 7.26. The molecule has 0 radical (unpaired) electrons. The van der Waals surface area contributed by atoms with Crippen LogP contribution in [-0.4, -0.2) is 32.9 Å². The Labute approximate surface area is 123 Å². The first kappa shape index (κ1) is 17.1. The van der Waals surface area contributed by atoms with Gasteiger partial charge in [-0.15, -0.1) is 0 Å². The summed E-state index contributed by atoms with van der Waals surface area (Å²) < 4.78 is 26.5. The number of hydrogen-bond donors (Lipinski definition) is 1. The molecular formula is C15H26N2O2S. The van der Waals surface area contributed by atoms with Gasteiger partial charge in [-0.3, -0.25) is 0 Å². The van der Waals surface area contributed by atoms with E-state index in [4.69, 9.17) is 0 Å². The fourth-order valence-corrected chi connectivity index (χ4v) is 3.51. The number of nitrogens with one attached hydrogen (secondary N) is 1. The molecule has 114 valence electrons. The molecule has 20 heavy (non-hydrogen) atoms. The Morgan fingerprint density at radius 3 is 2.45 bits per heavy atom. The molecule has 1 aromatic rings. The molecule has 1 N–H and O–H groups in total. The lowest BCUT2D eigenvalue weighted by Gasteiger charge is -2.18. The van der Waals surface area contributed by atoms with Crippen LogP contribution in [0.5, 0.6) is 0 Å². The van der Waals surface area contributed by atoms with Gasteiger partial charge >= 0.3 is 0 Å². The average molecular weight is 298 g/mol. The average Bonchev–Trinajstić information content (AvgIpc) is 2.46. The van der Waals surface area contributed by atoms with E-state index >= 15 is 0 Å². The van der Waals surface area contributed by atoms with Crippen LogP contribution in [0.4, 0.5) is 0 Å². The van der Waals surface area contributed by atoms with Gasteiger partial charge in [0.2, 0.25) is 10.0 Å². The van der Waals surface area contributed by atoms with Crippen LogP contribution >= 0.6 is 0 Å². The summed E-state index contributed by atoms with van der Waals surface area (Å²) in [5.41, 5.74) is 1.89. The van der Waals surface area contributed by atoms with E-state index in [1.54, 1.807) is 7.05 Å². The molecule has 5 heteroatoms. The predicted octanol–water partition coefficient (Wildman–Crippen LogP) is 2.39. The van der Waals surface area contributed by atoms with Crippen molar-refractivity contribution in [1.82, 2.24) is 9.62 Å². The number of aryl methyl sites for hydroxylation is 1. The highest BCUT2D eigenvalue weighted by molar-refractivity contribution is 7.89. The molecule has 0 heterocycles. The monoisotopic (exact) mass is 298 g/mol. The van der Waals surface area contributed by atoms with Crippen LogP contribution in [0, 0.1) is 0 Å². The zero-order valence-electron chi connectivity index (χ0n) is 12.9. The van der Waals surface area contributed by atoms with Crippen molar-refractivity contribution in [2.75, 3.05) is 20.1 Å². The van der Waals surface area contributed by atoms with Gasteiger partial charge in [0.1, 0.15) is 0 Å². The summed E-state index contributed by atoms with van der Waals surface area (Å²) in [6.07, 6.45) is 1.78. The van der Waals surface area contributed by atoms with Crippen LogP contribution in [0.1, 0.15) is 38.3 Å². The zero-order chi connectivity index (χ0) is 15.2. The van der Waals surface area contributed by atoms with Crippen molar-refractivity contribution in [3.8, 4) is 0 Å². The van der Waals surface area contributed by atoms with Gasteiger partial charge in [0.05, 0.1) is 4.90 Å².